The highest BCUT2D eigenvalue weighted by molar-refractivity contribution is 5.93. The van der Waals surface area contributed by atoms with E-state index >= 15 is 0 Å². The lowest BCUT2D eigenvalue weighted by molar-refractivity contribution is -0.126. The fourth-order valence-electron chi connectivity index (χ4n) is 7.15. The lowest BCUT2D eigenvalue weighted by atomic mass is 9.61. The van der Waals surface area contributed by atoms with Crippen LogP contribution in [-0.2, 0) is 9.59 Å². The van der Waals surface area contributed by atoms with Crippen molar-refractivity contribution in [2.45, 2.75) is 78.6 Å². The second-order valence-electron chi connectivity index (χ2n) is 9.84. The molecule has 4 fully saturated rings. The highest BCUT2D eigenvalue weighted by atomic mass is 16.1. The predicted octanol–water partition coefficient (Wildman–Crippen LogP) is 5.36. The standard InChI is InChI=1S/C23H34O2/c1-4-16-12-18-13-23(18,21(16)25)11-9-17-6-5-10-22(3)19(15(2)14-24)7-8-20(17)22/h9,14-16,18-20H,4-8,10-13H2,1-3H3. The van der Waals surface area contributed by atoms with Gasteiger partial charge in [0.2, 0.25) is 0 Å². The summed E-state index contributed by atoms with van der Waals surface area (Å²) < 4.78 is 0. The number of hydrogen-bond donors (Lipinski definition) is 0. The molecule has 0 aliphatic heterocycles. The van der Waals surface area contributed by atoms with Gasteiger partial charge in [-0.15, -0.1) is 0 Å². The van der Waals surface area contributed by atoms with E-state index in [2.05, 4.69) is 26.8 Å². The number of ketones is 1. The van der Waals surface area contributed by atoms with Crippen molar-refractivity contribution in [2.24, 2.45) is 40.4 Å². The Morgan fingerprint density at radius 1 is 1.32 bits per heavy atom. The maximum absolute atomic E-state index is 12.8. The van der Waals surface area contributed by atoms with Crippen LogP contribution in [0.25, 0.3) is 0 Å². The van der Waals surface area contributed by atoms with E-state index in [9.17, 15) is 9.59 Å². The molecule has 0 spiro atoms. The molecular formula is C23H34O2. The molecule has 0 aromatic heterocycles. The van der Waals surface area contributed by atoms with Crippen LogP contribution in [0.2, 0.25) is 0 Å². The molecular weight excluding hydrogens is 308 g/mol. The van der Waals surface area contributed by atoms with E-state index in [1.165, 1.54) is 38.4 Å². The SMILES string of the molecule is CCC1CC2CC2(CC=C2CCCC3(C)C2CCC3C(C)C=O)C1=O. The van der Waals surface area contributed by atoms with Gasteiger partial charge in [-0.1, -0.05) is 32.4 Å². The molecule has 4 saturated carbocycles. The minimum Gasteiger partial charge on any atom is -0.303 e. The normalized spacial score (nSPS) is 48.3. The molecule has 4 aliphatic rings. The zero-order valence-electron chi connectivity index (χ0n) is 16.2. The van der Waals surface area contributed by atoms with E-state index in [4.69, 9.17) is 0 Å². The predicted molar refractivity (Wildman–Crippen MR) is 100 cm³/mol. The number of aldehydes is 1. The van der Waals surface area contributed by atoms with Crippen LogP contribution in [0.3, 0.4) is 0 Å². The Hall–Kier alpha value is -0.920. The average Bonchev–Trinajstić information content (AvgIpc) is 3.10. The minimum absolute atomic E-state index is 0.0373. The van der Waals surface area contributed by atoms with Crippen molar-refractivity contribution in [3.05, 3.63) is 11.6 Å². The van der Waals surface area contributed by atoms with Crippen molar-refractivity contribution in [3.63, 3.8) is 0 Å². The van der Waals surface area contributed by atoms with Gasteiger partial charge in [-0.05, 0) is 81.0 Å². The van der Waals surface area contributed by atoms with E-state index in [0.29, 0.717) is 34.9 Å². The van der Waals surface area contributed by atoms with Gasteiger partial charge in [0.25, 0.3) is 0 Å². The van der Waals surface area contributed by atoms with E-state index in [1.807, 2.05) is 0 Å². The Balaban J connectivity index is 1.51. The number of fused-ring (bicyclic) bond motifs is 2. The molecule has 4 aliphatic carbocycles. The Labute approximate surface area is 152 Å². The fraction of sp³-hybridized carbons (Fsp3) is 0.826. The number of hydrogen-bond acceptors (Lipinski definition) is 2. The van der Waals surface area contributed by atoms with Gasteiger partial charge in [-0.2, -0.15) is 0 Å². The first-order valence-corrected chi connectivity index (χ1v) is 10.6. The van der Waals surface area contributed by atoms with Gasteiger partial charge in [-0.25, -0.2) is 0 Å². The average molecular weight is 343 g/mol. The summed E-state index contributed by atoms with van der Waals surface area (Å²) >= 11 is 0. The summed E-state index contributed by atoms with van der Waals surface area (Å²) in [5.41, 5.74) is 1.97. The lowest BCUT2D eigenvalue weighted by Crippen LogP contribution is -2.36. The summed E-state index contributed by atoms with van der Waals surface area (Å²) in [5.74, 6) is 2.99. The molecule has 7 unspecified atom stereocenters. The van der Waals surface area contributed by atoms with Gasteiger partial charge in [0.15, 0.2) is 0 Å². The van der Waals surface area contributed by atoms with E-state index in [0.717, 1.165) is 25.7 Å². The molecule has 25 heavy (non-hydrogen) atoms. The van der Waals surface area contributed by atoms with Crippen LogP contribution in [0.5, 0.6) is 0 Å². The first-order chi connectivity index (χ1) is 12.0. The van der Waals surface area contributed by atoms with Crippen molar-refractivity contribution in [3.8, 4) is 0 Å². The van der Waals surface area contributed by atoms with Crippen molar-refractivity contribution in [1.82, 2.24) is 0 Å². The molecule has 0 aromatic carbocycles. The third-order valence-corrected chi connectivity index (χ3v) is 8.77. The third-order valence-electron chi connectivity index (χ3n) is 8.77. The second-order valence-corrected chi connectivity index (χ2v) is 9.84. The van der Waals surface area contributed by atoms with Crippen molar-refractivity contribution < 1.29 is 9.59 Å². The molecule has 0 bridgehead atoms. The van der Waals surface area contributed by atoms with Crippen LogP contribution in [0.15, 0.2) is 11.6 Å². The summed E-state index contributed by atoms with van der Waals surface area (Å²) in [6.45, 7) is 6.71. The van der Waals surface area contributed by atoms with Crippen LogP contribution < -0.4 is 0 Å². The number of carbonyl (C=O) groups is 2. The molecule has 138 valence electrons. The van der Waals surface area contributed by atoms with Crippen molar-refractivity contribution >= 4 is 12.1 Å². The van der Waals surface area contributed by atoms with Crippen LogP contribution in [0, 0.1) is 40.4 Å². The minimum atomic E-state index is 0.0373. The number of allylic oxidation sites excluding steroid dienone is 2. The van der Waals surface area contributed by atoms with E-state index < -0.39 is 0 Å². The summed E-state index contributed by atoms with van der Waals surface area (Å²) in [5, 5.41) is 0. The largest absolute Gasteiger partial charge is 0.303 e. The van der Waals surface area contributed by atoms with Gasteiger partial charge >= 0.3 is 0 Å². The summed E-state index contributed by atoms with van der Waals surface area (Å²) in [6.07, 6.45) is 14.2. The molecule has 7 atom stereocenters. The third kappa shape index (κ3) is 2.50. The first kappa shape index (κ1) is 17.5. The summed E-state index contributed by atoms with van der Waals surface area (Å²) in [7, 11) is 0. The van der Waals surface area contributed by atoms with E-state index in [-0.39, 0.29) is 11.3 Å². The molecule has 0 heterocycles. The maximum Gasteiger partial charge on any atom is 0.142 e. The quantitative estimate of drug-likeness (QED) is 0.498. The zero-order chi connectivity index (χ0) is 17.8. The monoisotopic (exact) mass is 342 g/mol. The Kier molecular flexibility index (Phi) is 4.24. The topological polar surface area (TPSA) is 34.1 Å². The fourth-order valence-corrected chi connectivity index (χ4v) is 7.15. The second kappa shape index (κ2) is 6.06. The number of rotatable bonds is 5. The highest BCUT2D eigenvalue weighted by Crippen LogP contribution is 2.66. The van der Waals surface area contributed by atoms with Gasteiger partial charge in [0.05, 0.1) is 0 Å². The van der Waals surface area contributed by atoms with Crippen LogP contribution >= 0.6 is 0 Å². The Bertz CT molecular complexity index is 605. The number of carbonyl (C=O) groups excluding carboxylic acids is 2. The Morgan fingerprint density at radius 2 is 2.12 bits per heavy atom. The molecule has 0 aromatic rings. The smallest absolute Gasteiger partial charge is 0.142 e. The molecule has 0 radical (unpaired) electrons. The first-order valence-electron chi connectivity index (χ1n) is 10.6. The van der Waals surface area contributed by atoms with Crippen LogP contribution in [-0.4, -0.2) is 12.1 Å². The van der Waals surface area contributed by atoms with Gasteiger partial charge in [0, 0.05) is 17.3 Å². The molecule has 0 N–H and O–H groups in total. The highest BCUT2D eigenvalue weighted by Gasteiger charge is 2.65. The van der Waals surface area contributed by atoms with Crippen molar-refractivity contribution in [1.29, 1.82) is 0 Å². The summed E-state index contributed by atoms with van der Waals surface area (Å²) in [4.78, 5) is 24.2. The maximum atomic E-state index is 12.8. The molecule has 4 rings (SSSR count). The molecule has 2 nitrogen and oxygen atoms in total. The molecule has 0 saturated heterocycles. The molecule has 2 heteroatoms. The Morgan fingerprint density at radius 3 is 2.80 bits per heavy atom. The zero-order valence-corrected chi connectivity index (χ0v) is 16.2. The lowest BCUT2D eigenvalue weighted by Gasteiger charge is -2.43. The van der Waals surface area contributed by atoms with Gasteiger partial charge < -0.3 is 4.79 Å². The molecule has 0 amide bonds. The van der Waals surface area contributed by atoms with Crippen LogP contribution in [0.4, 0.5) is 0 Å². The van der Waals surface area contributed by atoms with Crippen molar-refractivity contribution in [2.75, 3.05) is 0 Å². The van der Waals surface area contributed by atoms with Gasteiger partial charge in [0.1, 0.15) is 12.1 Å². The number of Topliss-reactive ketones (excluding diaryl/α,β-unsaturated/α-hetero) is 1. The summed E-state index contributed by atoms with van der Waals surface area (Å²) in [6, 6.07) is 0. The van der Waals surface area contributed by atoms with Gasteiger partial charge in [-0.3, -0.25) is 4.79 Å². The van der Waals surface area contributed by atoms with E-state index in [1.54, 1.807) is 5.57 Å². The van der Waals surface area contributed by atoms with Crippen LogP contribution in [0.1, 0.15) is 78.6 Å².